The number of H-pyrrole nitrogens is 1. The first kappa shape index (κ1) is 20.7. The molecule has 1 heterocycles. The quantitative estimate of drug-likeness (QED) is 0.389. The summed E-state index contributed by atoms with van der Waals surface area (Å²) in [6.45, 7) is 0. The third-order valence-electron chi connectivity index (χ3n) is 4.62. The van der Waals surface area contributed by atoms with Gasteiger partial charge in [0, 0.05) is 18.3 Å². The molecule has 4 rings (SSSR count). The molecular weight excluding hydrogens is 431 g/mol. The number of benzene rings is 3. The topological polar surface area (TPSA) is 58.2 Å². The number of halogens is 4. The van der Waals surface area contributed by atoms with Crippen LogP contribution >= 0.6 is 11.6 Å². The van der Waals surface area contributed by atoms with Crippen molar-refractivity contribution in [3.63, 3.8) is 0 Å². The van der Waals surface area contributed by atoms with E-state index in [1.807, 2.05) is 24.3 Å². The van der Waals surface area contributed by atoms with E-state index in [-0.39, 0.29) is 11.4 Å². The summed E-state index contributed by atoms with van der Waals surface area (Å²) in [4.78, 5) is 21.2. The molecule has 0 saturated heterocycles. The smallest absolute Gasteiger partial charge is 0.410 e. The Labute approximate surface area is 180 Å². The van der Waals surface area contributed by atoms with Crippen LogP contribution in [0.5, 0.6) is 5.75 Å². The molecule has 0 saturated carbocycles. The molecule has 0 atom stereocenters. The molecule has 1 N–H and O–H groups in total. The number of hydrogen-bond acceptors (Lipinski definition) is 3. The minimum absolute atomic E-state index is 0.00448. The second-order valence-corrected chi connectivity index (χ2v) is 7.13. The van der Waals surface area contributed by atoms with Crippen LogP contribution in [0, 0.1) is 0 Å². The van der Waals surface area contributed by atoms with Crippen LogP contribution in [0.1, 0.15) is 5.56 Å². The summed E-state index contributed by atoms with van der Waals surface area (Å²) in [6, 6.07) is 17.4. The first-order valence-corrected chi connectivity index (χ1v) is 9.47. The number of alkyl halides is 3. The van der Waals surface area contributed by atoms with Gasteiger partial charge in [-0.05, 0) is 42.5 Å². The summed E-state index contributed by atoms with van der Waals surface area (Å²) in [5, 5.41) is -0.448. The van der Waals surface area contributed by atoms with Crippen molar-refractivity contribution in [1.29, 1.82) is 0 Å². The third kappa shape index (κ3) is 4.34. The van der Waals surface area contributed by atoms with Crippen LogP contribution in [0.2, 0.25) is 5.02 Å². The molecule has 0 aliphatic carbocycles. The highest BCUT2D eigenvalue weighted by Crippen LogP contribution is 2.37. The van der Waals surface area contributed by atoms with Gasteiger partial charge in [0.25, 0.3) is 0 Å². The molecule has 0 spiro atoms. The number of ether oxygens (including phenoxy) is 1. The number of hydrogen-bond donors (Lipinski definition) is 1. The van der Waals surface area contributed by atoms with Crippen molar-refractivity contribution in [2.24, 2.45) is 0 Å². The van der Waals surface area contributed by atoms with Crippen LogP contribution < -0.4 is 9.64 Å². The molecule has 9 heteroatoms. The van der Waals surface area contributed by atoms with E-state index >= 15 is 0 Å². The standard InChI is InChI=1S/C22H15ClF3N3O2/c1-29(14-9-10-17(23)16(12-14)22(24,25)26)21(30)31-15-6-4-5-13(11-15)20-27-18-7-2-3-8-19(18)28-20/h2-12H,1H3,(H,27,28). The average molecular weight is 446 g/mol. The fourth-order valence-electron chi connectivity index (χ4n) is 3.01. The number of carbonyl (C=O) groups excluding carboxylic acids is 1. The maximum Gasteiger partial charge on any atom is 0.419 e. The van der Waals surface area contributed by atoms with Crippen molar-refractivity contribution in [1.82, 2.24) is 9.97 Å². The van der Waals surface area contributed by atoms with Crippen LogP contribution in [0.4, 0.5) is 23.7 Å². The Bertz CT molecular complexity index is 1240. The van der Waals surface area contributed by atoms with Crippen molar-refractivity contribution in [2.75, 3.05) is 11.9 Å². The van der Waals surface area contributed by atoms with Gasteiger partial charge >= 0.3 is 12.3 Å². The van der Waals surface area contributed by atoms with Gasteiger partial charge in [0.2, 0.25) is 0 Å². The molecule has 4 aromatic rings. The number of nitrogens with zero attached hydrogens (tertiary/aromatic N) is 2. The van der Waals surface area contributed by atoms with Gasteiger partial charge in [0.1, 0.15) is 11.6 Å². The van der Waals surface area contributed by atoms with Crippen LogP contribution in [0.3, 0.4) is 0 Å². The van der Waals surface area contributed by atoms with Crippen LogP contribution in [0.25, 0.3) is 22.4 Å². The zero-order valence-corrected chi connectivity index (χ0v) is 16.8. The molecule has 0 bridgehead atoms. The van der Waals surface area contributed by atoms with E-state index < -0.39 is 22.9 Å². The van der Waals surface area contributed by atoms with E-state index in [2.05, 4.69) is 9.97 Å². The number of anilines is 1. The SMILES string of the molecule is CN(C(=O)Oc1cccc(-c2nc3ccccc3[nH]2)c1)c1ccc(Cl)c(C(F)(F)F)c1. The fourth-order valence-corrected chi connectivity index (χ4v) is 3.23. The van der Waals surface area contributed by atoms with Gasteiger partial charge in [-0.25, -0.2) is 9.78 Å². The maximum atomic E-state index is 13.1. The molecule has 1 amide bonds. The number of amides is 1. The maximum absolute atomic E-state index is 13.1. The number of fused-ring (bicyclic) bond motifs is 1. The zero-order chi connectivity index (χ0) is 22.2. The van der Waals surface area contributed by atoms with Crippen LogP contribution in [0.15, 0.2) is 66.7 Å². The fraction of sp³-hybridized carbons (Fsp3) is 0.0909. The second kappa shape index (κ2) is 7.96. The number of aromatic amines is 1. The highest BCUT2D eigenvalue weighted by molar-refractivity contribution is 6.31. The minimum atomic E-state index is -4.64. The summed E-state index contributed by atoms with van der Waals surface area (Å²) < 4.78 is 44.6. The molecule has 31 heavy (non-hydrogen) atoms. The summed E-state index contributed by atoms with van der Waals surface area (Å²) in [7, 11) is 1.31. The van der Waals surface area contributed by atoms with Crippen molar-refractivity contribution in [2.45, 2.75) is 6.18 Å². The van der Waals surface area contributed by atoms with Crippen molar-refractivity contribution in [3.05, 3.63) is 77.3 Å². The molecule has 0 fully saturated rings. The lowest BCUT2D eigenvalue weighted by molar-refractivity contribution is -0.137. The molecule has 3 aromatic carbocycles. The molecule has 1 aromatic heterocycles. The van der Waals surface area contributed by atoms with Gasteiger partial charge in [-0.1, -0.05) is 35.9 Å². The normalized spacial score (nSPS) is 11.5. The van der Waals surface area contributed by atoms with Gasteiger partial charge in [-0.3, -0.25) is 4.90 Å². The predicted molar refractivity (Wildman–Crippen MR) is 112 cm³/mol. The highest BCUT2D eigenvalue weighted by Gasteiger charge is 2.34. The number of carbonyl (C=O) groups is 1. The molecular formula is C22H15ClF3N3O2. The Kier molecular flexibility index (Phi) is 5.32. The van der Waals surface area contributed by atoms with Crippen LogP contribution in [-0.4, -0.2) is 23.1 Å². The van der Waals surface area contributed by atoms with Gasteiger partial charge in [0.15, 0.2) is 0 Å². The molecule has 5 nitrogen and oxygen atoms in total. The number of imidazole rings is 1. The minimum Gasteiger partial charge on any atom is -0.410 e. The summed E-state index contributed by atoms with van der Waals surface area (Å²) in [6.07, 6.45) is -5.49. The number of nitrogens with one attached hydrogen (secondary N) is 1. The Morgan fingerprint density at radius 3 is 2.58 bits per heavy atom. The summed E-state index contributed by atoms with van der Waals surface area (Å²) in [5.74, 6) is 0.819. The van der Waals surface area contributed by atoms with Crippen molar-refractivity contribution >= 4 is 34.4 Å². The molecule has 0 aliphatic rings. The first-order valence-electron chi connectivity index (χ1n) is 9.10. The zero-order valence-electron chi connectivity index (χ0n) is 16.1. The monoisotopic (exact) mass is 445 g/mol. The van der Waals surface area contributed by atoms with E-state index in [9.17, 15) is 18.0 Å². The molecule has 0 radical (unpaired) electrons. The summed E-state index contributed by atoms with van der Waals surface area (Å²) in [5.41, 5.74) is 1.31. The van der Waals surface area contributed by atoms with Crippen LogP contribution in [-0.2, 0) is 6.18 Å². The molecule has 158 valence electrons. The number of para-hydroxylation sites is 2. The number of aromatic nitrogens is 2. The second-order valence-electron chi connectivity index (χ2n) is 6.72. The lowest BCUT2D eigenvalue weighted by atomic mass is 10.2. The lowest BCUT2D eigenvalue weighted by Crippen LogP contribution is -2.29. The Morgan fingerprint density at radius 2 is 1.84 bits per heavy atom. The molecule has 0 aliphatic heterocycles. The van der Waals surface area contributed by atoms with E-state index in [1.165, 1.54) is 13.1 Å². The van der Waals surface area contributed by atoms with E-state index in [1.54, 1.807) is 24.3 Å². The summed E-state index contributed by atoms with van der Waals surface area (Å²) >= 11 is 5.64. The predicted octanol–water partition coefficient (Wildman–Crippen LogP) is 6.54. The molecule has 0 unspecified atom stereocenters. The van der Waals surface area contributed by atoms with Gasteiger partial charge in [-0.15, -0.1) is 0 Å². The average Bonchev–Trinajstić information content (AvgIpc) is 3.17. The first-order chi connectivity index (χ1) is 14.7. The Morgan fingerprint density at radius 1 is 1.06 bits per heavy atom. The Hall–Kier alpha value is -3.52. The van der Waals surface area contributed by atoms with Crippen molar-refractivity contribution in [3.8, 4) is 17.1 Å². The largest absolute Gasteiger partial charge is 0.419 e. The van der Waals surface area contributed by atoms with Gasteiger partial charge < -0.3 is 9.72 Å². The van der Waals surface area contributed by atoms with Gasteiger partial charge in [-0.2, -0.15) is 13.2 Å². The highest BCUT2D eigenvalue weighted by atomic mass is 35.5. The third-order valence-corrected chi connectivity index (χ3v) is 4.95. The van der Waals surface area contributed by atoms with E-state index in [0.29, 0.717) is 11.4 Å². The number of rotatable bonds is 3. The van der Waals surface area contributed by atoms with Crippen molar-refractivity contribution < 1.29 is 22.7 Å². The lowest BCUT2D eigenvalue weighted by Gasteiger charge is -2.19. The Balaban J connectivity index is 1.56. The van der Waals surface area contributed by atoms with E-state index in [0.717, 1.165) is 28.1 Å². The van der Waals surface area contributed by atoms with Gasteiger partial charge in [0.05, 0.1) is 21.6 Å². The van der Waals surface area contributed by atoms with E-state index in [4.69, 9.17) is 16.3 Å².